The van der Waals surface area contributed by atoms with E-state index < -0.39 is 12.2 Å². The number of rotatable bonds is 16. The number of ether oxygens (including phenoxy) is 2. The molecule has 4 aromatic carbocycles. The minimum absolute atomic E-state index is 0.00878. The van der Waals surface area contributed by atoms with Crippen molar-refractivity contribution >= 4 is 81.7 Å². The molecule has 4 aromatic rings. The van der Waals surface area contributed by atoms with Crippen LogP contribution < -0.4 is 0 Å². The second kappa shape index (κ2) is 24.6. The molecule has 2 fully saturated rings. The number of hydrogen-bond donors (Lipinski definition) is 0. The van der Waals surface area contributed by atoms with Gasteiger partial charge in [0.2, 0.25) is 0 Å². The molecule has 66 heavy (non-hydrogen) atoms. The summed E-state index contributed by atoms with van der Waals surface area (Å²) in [4.78, 5) is 31.8. The first-order chi connectivity index (χ1) is 31.3. The topological polar surface area (TPSA) is 59.1 Å². The first-order valence-electron chi connectivity index (χ1n) is 22.8. The summed E-state index contributed by atoms with van der Waals surface area (Å²) in [5.41, 5.74) is 3.89. The molecule has 2 amide bonds. The third-order valence-electron chi connectivity index (χ3n) is 11.5. The largest absolute Gasteiger partial charge is 0.358 e. The second-order valence-electron chi connectivity index (χ2n) is 18.7. The molecule has 8 atom stereocenters. The lowest BCUT2D eigenvalue weighted by molar-refractivity contribution is -0.178. The van der Waals surface area contributed by atoms with Crippen molar-refractivity contribution in [1.82, 2.24) is 9.80 Å². The summed E-state index contributed by atoms with van der Waals surface area (Å²) in [5, 5.41) is 2.61. The molecule has 0 aromatic heterocycles. The number of amides is 2. The number of hydrogen-bond acceptors (Lipinski definition) is 6. The Labute approximate surface area is 423 Å². The van der Waals surface area contributed by atoms with Gasteiger partial charge in [-0.1, -0.05) is 162 Å². The van der Waals surface area contributed by atoms with Crippen molar-refractivity contribution < 1.29 is 19.1 Å². The third-order valence-corrected chi connectivity index (χ3v) is 15.3. The van der Waals surface area contributed by atoms with Gasteiger partial charge < -0.3 is 19.3 Å². The summed E-state index contributed by atoms with van der Waals surface area (Å²) in [6, 6.07) is 30.4. The molecule has 2 aliphatic rings. The molecule has 6 nitrogen and oxygen atoms in total. The highest BCUT2D eigenvalue weighted by molar-refractivity contribution is 8.00. The van der Waals surface area contributed by atoms with E-state index in [1.54, 1.807) is 12.2 Å². The molecule has 12 heteroatoms. The Morgan fingerprint density at radius 3 is 1.20 bits per heavy atom. The van der Waals surface area contributed by atoms with Gasteiger partial charge in [0, 0.05) is 66.0 Å². The zero-order chi connectivity index (χ0) is 48.3. The Hall–Kier alpha value is -2.92. The van der Waals surface area contributed by atoms with E-state index >= 15 is 0 Å². The molecule has 6 rings (SSSR count). The maximum Gasteiger partial charge on any atom is 0.252 e. The van der Waals surface area contributed by atoms with E-state index in [0.29, 0.717) is 32.9 Å². The summed E-state index contributed by atoms with van der Waals surface area (Å²) < 4.78 is 13.2. The van der Waals surface area contributed by atoms with Crippen LogP contribution in [0.1, 0.15) is 128 Å². The molecule has 2 aliphatic heterocycles. The van der Waals surface area contributed by atoms with Crippen LogP contribution in [-0.2, 0) is 19.1 Å². The van der Waals surface area contributed by atoms with Gasteiger partial charge in [0.05, 0.1) is 12.1 Å². The number of carbonyl (C=O) groups excluding carboxylic acids is 2. The summed E-state index contributed by atoms with van der Waals surface area (Å²) in [7, 11) is 0. The second-order valence-corrected chi connectivity index (χ2v) is 24.1. The maximum atomic E-state index is 13.8. The predicted octanol–water partition coefficient (Wildman–Crippen LogP) is 15.8. The van der Waals surface area contributed by atoms with Crippen molar-refractivity contribution in [3.63, 3.8) is 0 Å². The Kier molecular flexibility index (Phi) is 20.1. The minimum Gasteiger partial charge on any atom is -0.358 e. The van der Waals surface area contributed by atoms with Gasteiger partial charge in [-0.25, -0.2) is 0 Å². The molecule has 2 saturated heterocycles. The smallest absolute Gasteiger partial charge is 0.252 e. The molecule has 0 bridgehead atoms. The number of nitrogens with zero attached hydrogens (tertiary/aromatic N) is 2. The normalized spacial score (nSPS) is 22.3. The molecule has 0 unspecified atom stereocenters. The van der Waals surface area contributed by atoms with Crippen molar-refractivity contribution in [2.75, 3.05) is 11.5 Å². The van der Waals surface area contributed by atoms with Crippen LogP contribution in [0.2, 0.25) is 20.1 Å². The maximum absolute atomic E-state index is 13.8. The molecule has 356 valence electrons. The summed E-state index contributed by atoms with van der Waals surface area (Å²) in [6.45, 7) is 25.2. The molecular formula is C54H66Cl4N2O4S2. The molecule has 0 N–H and O–H groups in total. The number of benzene rings is 4. The minimum atomic E-state index is -0.580. The molecule has 0 aliphatic carbocycles. The number of halogens is 4. The van der Waals surface area contributed by atoms with E-state index in [1.807, 2.05) is 121 Å². The van der Waals surface area contributed by atoms with Crippen LogP contribution in [-0.4, -0.2) is 66.9 Å². The molecule has 0 radical (unpaired) electrons. The van der Waals surface area contributed by atoms with Gasteiger partial charge in [-0.05, 0) is 83.6 Å². The van der Waals surface area contributed by atoms with Gasteiger partial charge in [0.1, 0.15) is 24.4 Å². The average molecular weight is 1010 g/mol. The molecule has 0 spiro atoms. The fraction of sp³-hybridized carbons (Fsp3) is 0.444. The Morgan fingerprint density at radius 2 is 0.909 bits per heavy atom. The quantitative estimate of drug-likeness (QED) is 0.104. The van der Waals surface area contributed by atoms with Crippen LogP contribution in [0.15, 0.2) is 122 Å². The highest BCUT2D eigenvalue weighted by atomic mass is 35.5. The Balaban J connectivity index is 0.000000247. The van der Waals surface area contributed by atoms with Crippen LogP contribution in [0.4, 0.5) is 0 Å². The molecule has 0 saturated carbocycles. The van der Waals surface area contributed by atoms with E-state index in [4.69, 9.17) is 55.9 Å². The van der Waals surface area contributed by atoms with Crippen molar-refractivity contribution in [1.29, 1.82) is 0 Å². The zero-order valence-corrected chi connectivity index (χ0v) is 44.2. The summed E-state index contributed by atoms with van der Waals surface area (Å²) >= 11 is 28.9. The third kappa shape index (κ3) is 14.6. The molecular weight excluding hydrogens is 947 g/mol. The molecule has 2 heterocycles. The van der Waals surface area contributed by atoms with Gasteiger partial charge in [-0.15, -0.1) is 13.2 Å². The number of carbonyl (C=O) groups is 2. The SMILES string of the molecule is C=CC[C@@H]1O[C@H](c2cccc(Cl)c2)[C@@H](c2ccc(Cl)cc2)N([C@@H](CC)CSC(C)(C)C)C1=O.C=CC[C@H]1O[C@H](c2cccc(Cl)c2)[C@@H](c2ccc(Cl)cc2)N([C@@H](CC)CSC(C)(C)C)C1=O. The van der Waals surface area contributed by atoms with Gasteiger partial charge in [0.15, 0.2) is 0 Å². The Bertz CT molecular complexity index is 2070. The highest BCUT2D eigenvalue weighted by Gasteiger charge is 2.48. The first-order valence-corrected chi connectivity index (χ1v) is 26.2. The van der Waals surface area contributed by atoms with Crippen molar-refractivity contribution in [2.24, 2.45) is 0 Å². The zero-order valence-electron chi connectivity index (χ0n) is 39.5. The van der Waals surface area contributed by atoms with Gasteiger partial charge in [0.25, 0.3) is 11.8 Å². The highest BCUT2D eigenvalue weighted by Crippen LogP contribution is 2.47. The fourth-order valence-corrected chi connectivity index (χ4v) is 11.1. The standard InChI is InChI=1S/2C27H33Cl2NO2S/c2*1-6-9-23-26(31)30(22(7-2)17-33-27(3,4)5)24(18-12-14-20(28)15-13-18)25(32-23)19-10-8-11-21(29)16-19/h2*6,8,10-16,22-25H,1,7,9,17H2,2-5H3/t22-,23+,24+,25+;22-,23-,24+,25+/m00/s1. The van der Waals surface area contributed by atoms with E-state index in [0.717, 1.165) is 46.6 Å². The van der Waals surface area contributed by atoms with E-state index in [2.05, 4.69) is 78.3 Å². The lowest BCUT2D eigenvalue weighted by Gasteiger charge is -2.48. The first kappa shape index (κ1) is 54.0. The van der Waals surface area contributed by atoms with Crippen LogP contribution in [0.5, 0.6) is 0 Å². The van der Waals surface area contributed by atoms with Crippen LogP contribution in [0.3, 0.4) is 0 Å². The van der Waals surface area contributed by atoms with Crippen molar-refractivity contribution in [3.05, 3.63) is 165 Å². The van der Waals surface area contributed by atoms with Gasteiger partial charge in [-0.3, -0.25) is 9.59 Å². The summed E-state index contributed by atoms with van der Waals surface area (Å²) in [6.07, 6.45) is 4.25. The predicted molar refractivity (Wildman–Crippen MR) is 282 cm³/mol. The van der Waals surface area contributed by atoms with Crippen LogP contribution >= 0.6 is 69.9 Å². The van der Waals surface area contributed by atoms with E-state index in [9.17, 15) is 9.59 Å². The van der Waals surface area contributed by atoms with Gasteiger partial charge >= 0.3 is 0 Å². The van der Waals surface area contributed by atoms with Crippen LogP contribution in [0.25, 0.3) is 0 Å². The lowest BCUT2D eigenvalue weighted by Crippen LogP contribution is -2.55. The van der Waals surface area contributed by atoms with Crippen LogP contribution in [0, 0.1) is 0 Å². The average Bonchev–Trinajstić information content (AvgIpc) is 3.26. The lowest BCUT2D eigenvalue weighted by atomic mass is 9.89. The summed E-state index contributed by atoms with van der Waals surface area (Å²) in [5.74, 6) is 1.71. The van der Waals surface area contributed by atoms with Crippen molar-refractivity contribution in [3.8, 4) is 0 Å². The van der Waals surface area contributed by atoms with Gasteiger partial charge in [-0.2, -0.15) is 23.5 Å². The van der Waals surface area contributed by atoms with E-state index in [-0.39, 0.29) is 57.7 Å². The van der Waals surface area contributed by atoms with Crippen molar-refractivity contribution in [2.45, 2.75) is 139 Å². The Morgan fingerprint density at radius 1 is 0.561 bits per heavy atom. The van der Waals surface area contributed by atoms with E-state index in [1.165, 1.54) is 0 Å². The number of morpholine rings is 2. The number of thioether (sulfide) groups is 2. The monoisotopic (exact) mass is 1010 g/mol. The fourth-order valence-electron chi connectivity index (χ4n) is 8.31.